The summed E-state index contributed by atoms with van der Waals surface area (Å²) in [5.74, 6) is 0.444. The first-order valence-electron chi connectivity index (χ1n) is 6.93. The lowest BCUT2D eigenvalue weighted by atomic mass is 10.1. The third-order valence-electron chi connectivity index (χ3n) is 3.93. The summed E-state index contributed by atoms with van der Waals surface area (Å²) in [6.45, 7) is 6.56. The highest BCUT2D eigenvalue weighted by Gasteiger charge is 2.31. The highest BCUT2D eigenvalue weighted by atomic mass is 32.2. The quantitative estimate of drug-likeness (QED) is 0.819. The molecule has 0 amide bonds. The third-order valence-corrected chi connectivity index (χ3v) is 5.68. The number of aryl methyl sites for hydroxylation is 1. The number of hydrogen-bond acceptors (Lipinski definition) is 5. The lowest BCUT2D eigenvalue weighted by Crippen LogP contribution is -2.29. The van der Waals surface area contributed by atoms with Crippen molar-refractivity contribution in [2.45, 2.75) is 45.8 Å². The van der Waals surface area contributed by atoms with Gasteiger partial charge in [-0.05, 0) is 27.2 Å². The minimum atomic E-state index is -2.90. The number of aromatic nitrogens is 2. The molecule has 0 aromatic carbocycles. The van der Waals surface area contributed by atoms with Gasteiger partial charge in [0.15, 0.2) is 9.84 Å². The first-order valence-corrected chi connectivity index (χ1v) is 8.75. The van der Waals surface area contributed by atoms with Crippen LogP contribution in [0.25, 0.3) is 0 Å². The number of nitrogens with one attached hydrogen (secondary N) is 1. The number of rotatable bonds is 5. The van der Waals surface area contributed by atoms with Crippen LogP contribution in [0.1, 0.15) is 36.3 Å². The van der Waals surface area contributed by atoms with E-state index in [1.807, 2.05) is 25.5 Å². The van der Waals surface area contributed by atoms with Crippen molar-refractivity contribution >= 4 is 9.84 Å². The normalized spacial score (nSPS) is 23.1. The maximum atomic E-state index is 11.6. The molecule has 2 N–H and O–H groups in total. The summed E-state index contributed by atoms with van der Waals surface area (Å²) >= 11 is 0. The maximum Gasteiger partial charge on any atom is 0.152 e. The molecule has 0 aliphatic carbocycles. The summed E-state index contributed by atoms with van der Waals surface area (Å²) in [7, 11) is -2.90. The zero-order chi connectivity index (χ0) is 14.9. The van der Waals surface area contributed by atoms with Gasteiger partial charge in [-0.3, -0.25) is 4.68 Å². The van der Waals surface area contributed by atoms with Crippen molar-refractivity contribution in [2.24, 2.45) is 0 Å². The molecule has 0 saturated carbocycles. The van der Waals surface area contributed by atoms with E-state index >= 15 is 0 Å². The molecule has 7 heteroatoms. The molecule has 0 bridgehead atoms. The molecule has 20 heavy (non-hydrogen) atoms. The minimum Gasteiger partial charge on any atom is -0.395 e. The summed E-state index contributed by atoms with van der Waals surface area (Å²) < 4.78 is 25.0. The van der Waals surface area contributed by atoms with Crippen molar-refractivity contribution < 1.29 is 13.5 Å². The van der Waals surface area contributed by atoms with Crippen LogP contribution in [0.3, 0.4) is 0 Å². The van der Waals surface area contributed by atoms with Gasteiger partial charge in [-0.15, -0.1) is 0 Å². The second-order valence-electron chi connectivity index (χ2n) is 5.62. The second-order valence-corrected chi connectivity index (χ2v) is 7.84. The van der Waals surface area contributed by atoms with Crippen LogP contribution in [0.5, 0.6) is 0 Å². The molecule has 1 aliphatic heterocycles. The third kappa shape index (κ3) is 3.21. The molecule has 2 atom stereocenters. The fourth-order valence-corrected chi connectivity index (χ4v) is 4.31. The minimum absolute atomic E-state index is 0.0315. The Morgan fingerprint density at radius 1 is 1.50 bits per heavy atom. The maximum absolute atomic E-state index is 11.6. The number of nitrogens with zero attached hydrogens (tertiary/aromatic N) is 2. The summed E-state index contributed by atoms with van der Waals surface area (Å²) in [6.07, 6.45) is 0.643. The second kappa shape index (κ2) is 5.83. The standard InChI is InChI=1S/C13H23N3O3S/c1-9(7-17)14-6-13-10(2)15-16(11(13)3)12-4-5-20(18,19)8-12/h9,12,14,17H,4-8H2,1-3H3/t9-,12?/m1/s1. The number of hydrogen-bond donors (Lipinski definition) is 2. The average molecular weight is 301 g/mol. The van der Waals surface area contributed by atoms with Crippen molar-refractivity contribution in [1.82, 2.24) is 15.1 Å². The molecule has 1 saturated heterocycles. The van der Waals surface area contributed by atoms with Crippen LogP contribution in [-0.4, -0.2) is 47.5 Å². The predicted molar refractivity (Wildman–Crippen MR) is 77.4 cm³/mol. The van der Waals surface area contributed by atoms with Crippen molar-refractivity contribution in [2.75, 3.05) is 18.1 Å². The Hall–Kier alpha value is -0.920. The van der Waals surface area contributed by atoms with E-state index in [0.29, 0.717) is 13.0 Å². The van der Waals surface area contributed by atoms with Crippen molar-refractivity contribution in [3.05, 3.63) is 17.0 Å². The van der Waals surface area contributed by atoms with E-state index in [1.165, 1.54) is 0 Å². The van der Waals surface area contributed by atoms with E-state index in [1.54, 1.807) is 0 Å². The number of aliphatic hydroxyl groups is 1. The smallest absolute Gasteiger partial charge is 0.152 e. The van der Waals surface area contributed by atoms with Crippen molar-refractivity contribution in [3.8, 4) is 0 Å². The molecule has 0 radical (unpaired) electrons. The highest BCUT2D eigenvalue weighted by molar-refractivity contribution is 7.91. The summed E-state index contributed by atoms with van der Waals surface area (Å²) in [4.78, 5) is 0. The Bertz CT molecular complexity index is 580. The molecule has 1 aliphatic rings. The largest absolute Gasteiger partial charge is 0.395 e. The fraction of sp³-hybridized carbons (Fsp3) is 0.769. The molecule has 1 fully saturated rings. The topological polar surface area (TPSA) is 84.2 Å². The zero-order valence-corrected chi connectivity index (χ0v) is 13.1. The van der Waals surface area contributed by atoms with Gasteiger partial charge in [0.05, 0.1) is 29.8 Å². The first-order chi connectivity index (χ1) is 9.34. The van der Waals surface area contributed by atoms with Gasteiger partial charge in [0.25, 0.3) is 0 Å². The van der Waals surface area contributed by atoms with Gasteiger partial charge < -0.3 is 10.4 Å². The van der Waals surface area contributed by atoms with Gasteiger partial charge in [-0.25, -0.2) is 8.42 Å². The Labute approximate surface area is 120 Å². The molecule has 1 aromatic heterocycles. The Kier molecular flexibility index (Phi) is 4.51. The van der Waals surface area contributed by atoms with E-state index in [4.69, 9.17) is 5.11 Å². The van der Waals surface area contributed by atoms with Crippen LogP contribution in [0.15, 0.2) is 0 Å². The molecule has 6 nitrogen and oxygen atoms in total. The van der Waals surface area contributed by atoms with Gasteiger partial charge in [-0.2, -0.15) is 5.10 Å². The first kappa shape index (κ1) is 15.5. The van der Waals surface area contributed by atoms with Crippen LogP contribution in [-0.2, 0) is 16.4 Å². The van der Waals surface area contributed by atoms with E-state index in [-0.39, 0.29) is 30.2 Å². The molecule has 2 heterocycles. The van der Waals surface area contributed by atoms with Gasteiger partial charge in [0.1, 0.15) is 0 Å². The van der Waals surface area contributed by atoms with Crippen molar-refractivity contribution in [3.63, 3.8) is 0 Å². The molecular formula is C13H23N3O3S. The molecule has 1 aromatic rings. The summed E-state index contributed by atoms with van der Waals surface area (Å²) in [5.41, 5.74) is 3.03. The SMILES string of the molecule is Cc1nn(C2CCS(=O)(=O)C2)c(C)c1CN[C@H](C)CO. The van der Waals surface area contributed by atoms with Crippen LogP contribution in [0.4, 0.5) is 0 Å². The highest BCUT2D eigenvalue weighted by Crippen LogP contribution is 2.26. The van der Waals surface area contributed by atoms with Gasteiger partial charge in [0, 0.05) is 23.8 Å². The number of sulfone groups is 1. The average Bonchev–Trinajstić information content (AvgIpc) is 2.87. The Morgan fingerprint density at radius 2 is 2.20 bits per heavy atom. The molecule has 1 unspecified atom stereocenters. The Morgan fingerprint density at radius 3 is 2.75 bits per heavy atom. The van der Waals surface area contributed by atoms with Gasteiger partial charge in [-0.1, -0.05) is 0 Å². The predicted octanol–water partition coefficient (Wildman–Crippen LogP) is 0.330. The molecule has 0 spiro atoms. The molecular weight excluding hydrogens is 278 g/mol. The summed E-state index contributed by atoms with van der Waals surface area (Å²) in [5, 5.41) is 16.8. The number of aliphatic hydroxyl groups excluding tert-OH is 1. The van der Waals surface area contributed by atoms with Crippen LogP contribution in [0.2, 0.25) is 0 Å². The fourth-order valence-electron chi connectivity index (χ4n) is 2.62. The van der Waals surface area contributed by atoms with Crippen LogP contribution < -0.4 is 5.32 Å². The van der Waals surface area contributed by atoms with Gasteiger partial charge in [0.2, 0.25) is 0 Å². The zero-order valence-electron chi connectivity index (χ0n) is 12.3. The Balaban J connectivity index is 2.17. The molecule has 2 rings (SSSR count). The van der Waals surface area contributed by atoms with Crippen molar-refractivity contribution in [1.29, 1.82) is 0 Å². The van der Waals surface area contributed by atoms with Crippen LogP contribution >= 0.6 is 0 Å². The van der Waals surface area contributed by atoms with E-state index in [9.17, 15) is 8.42 Å². The van der Waals surface area contributed by atoms with E-state index < -0.39 is 9.84 Å². The summed E-state index contributed by atoms with van der Waals surface area (Å²) in [6, 6.07) is -0.00766. The monoisotopic (exact) mass is 301 g/mol. The van der Waals surface area contributed by atoms with Crippen LogP contribution in [0, 0.1) is 13.8 Å². The van der Waals surface area contributed by atoms with Gasteiger partial charge >= 0.3 is 0 Å². The molecule has 114 valence electrons. The lowest BCUT2D eigenvalue weighted by molar-refractivity contribution is 0.251. The van der Waals surface area contributed by atoms with E-state index in [0.717, 1.165) is 17.0 Å². The lowest BCUT2D eigenvalue weighted by Gasteiger charge is -2.13. The van der Waals surface area contributed by atoms with E-state index in [2.05, 4.69) is 10.4 Å².